The van der Waals surface area contributed by atoms with Gasteiger partial charge in [-0.15, -0.1) is 0 Å². The SMILES string of the molecule is O=C(c1ccccc1)N1CCCCCC1c1nc(-c2ccncc2)no1. The molecule has 0 spiro atoms. The van der Waals surface area contributed by atoms with E-state index in [1.807, 2.05) is 47.4 Å². The third kappa shape index (κ3) is 3.35. The van der Waals surface area contributed by atoms with Gasteiger partial charge in [0.25, 0.3) is 5.91 Å². The van der Waals surface area contributed by atoms with Crippen molar-refractivity contribution < 1.29 is 9.32 Å². The fourth-order valence-electron chi connectivity index (χ4n) is 3.34. The first-order chi connectivity index (χ1) is 12.8. The van der Waals surface area contributed by atoms with Crippen molar-refractivity contribution >= 4 is 5.91 Å². The third-order valence-electron chi connectivity index (χ3n) is 4.70. The molecular weight excluding hydrogens is 328 g/mol. The zero-order chi connectivity index (χ0) is 17.8. The highest BCUT2D eigenvalue weighted by Crippen LogP contribution is 2.31. The molecule has 1 unspecified atom stereocenters. The van der Waals surface area contributed by atoms with Gasteiger partial charge in [0.05, 0.1) is 0 Å². The van der Waals surface area contributed by atoms with Gasteiger partial charge in [-0.25, -0.2) is 0 Å². The molecule has 4 rings (SSSR count). The number of hydrogen-bond donors (Lipinski definition) is 0. The molecule has 1 aliphatic rings. The summed E-state index contributed by atoms with van der Waals surface area (Å²) in [5.74, 6) is 1.04. The predicted octanol–water partition coefficient (Wildman–Crippen LogP) is 3.89. The van der Waals surface area contributed by atoms with Crippen molar-refractivity contribution in [3.05, 3.63) is 66.3 Å². The summed E-state index contributed by atoms with van der Waals surface area (Å²) in [7, 11) is 0. The Morgan fingerprint density at radius 3 is 2.65 bits per heavy atom. The van der Waals surface area contributed by atoms with Crippen LogP contribution in [0.5, 0.6) is 0 Å². The van der Waals surface area contributed by atoms with Crippen molar-refractivity contribution in [1.29, 1.82) is 0 Å². The number of nitrogens with zero attached hydrogens (tertiary/aromatic N) is 4. The number of carbonyl (C=O) groups excluding carboxylic acids is 1. The molecule has 0 bridgehead atoms. The van der Waals surface area contributed by atoms with Gasteiger partial charge >= 0.3 is 0 Å². The molecule has 1 aliphatic heterocycles. The van der Waals surface area contributed by atoms with Crippen LogP contribution in [0.1, 0.15) is 48.0 Å². The largest absolute Gasteiger partial charge is 0.337 e. The number of aromatic nitrogens is 3. The van der Waals surface area contributed by atoms with Gasteiger partial charge in [0.15, 0.2) is 0 Å². The monoisotopic (exact) mass is 348 g/mol. The molecular formula is C20H20N4O2. The number of pyridine rings is 1. The smallest absolute Gasteiger partial charge is 0.254 e. The van der Waals surface area contributed by atoms with Crippen LogP contribution in [-0.4, -0.2) is 32.5 Å². The van der Waals surface area contributed by atoms with Crippen molar-refractivity contribution in [3.63, 3.8) is 0 Å². The van der Waals surface area contributed by atoms with Gasteiger partial charge in [-0.05, 0) is 37.1 Å². The van der Waals surface area contributed by atoms with E-state index in [4.69, 9.17) is 4.52 Å². The van der Waals surface area contributed by atoms with E-state index in [0.29, 0.717) is 23.8 Å². The highest BCUT2D eigenvalue weighted by molar-refractivity contribution is 5.94. The fourth-order valence-corrected chi connectivity index (χ4v) is 3.34. The van der Waals surface area contributed by atoms with Crippen LogP contribution in [0.3, 0.4) is 0 Å². The van der Waals surface area contributed by atoms with Crippen molar-refractivity contribution in [2.45, 2.75) is 31.7 Å². The Morgan fingerprint density at radius 1 is 1.04 bits per heavy atom. The fraction of sp³-hybridized carbons (Fsp3) is 0.300. The van der Waals surface area contributed by atoms with Gasteiger partial charge < -0.3 is 9.42 Å². The highest BCUT2D eigenvalue weighted by Gasteiger charge is 2.31. The quantitative estimate of drug-likeness (QED) is 0.718. The Labute approximate surface area is 151 Å². The lowest BCUT2D eigenvalue weighted by Crippen LogP contribution is -2.35. The van der Waals surface area contributed by atoms with E-state index in [-0.39, 0.29) is 11.9 Å². The van der Waals surface area contributed by atoms with E-state index in [0.717, 1.165) is 31.2 Å². The molecule has 0 aliphatic carbocycles. The standard InChI is InChI=1S/C20H20N4O2/c25-20(16-7-3-1-4-8-16)24-14-6-2-5-9-17(24)19-22-18(23-26-19)15-10-12-21-13-11-15/h1,3-4,7-8,10-13,17H,2,5-6,9,14H2. The Morgan fingerprint density at radius 2 is 1.85 bits per heavy atom. The van der Waals surface area contributed by atoms with E-state index in [2.05, 4.69) is 15.1 Å². The lowest BCUT2D eigenvalue weighted by Gasteiger charge is -2.27. The van der Waals surface area contributed by atoms with Crippen LogP contribution < -0.4 is 0 Å². The maximum atomic E-state index is 13.0. The molecule has 0 radical (unpaired) electrons. The Balaban J connectivity index is 1.64. The zero-order valence-corrected chi connectivity index (χ0v) is 14.4. The summed E-state index contributed by atoms with van der Waals surface area (Å²) >= 11 is 0. The molecule has 132 valence electrons. The minimum Gasteiger partial charge on any atom is -0.337 e. The second kappa shape index (κ2) is 7.47. The number of rotatable bonds is 3. The maximum Gasteiger partial charge on any atom is 0.254 e. The summed E-state index contributed by atoms with van der Waals surface area (Å²) in [4.78, 5) is 23.5. The molecule has 1 fully saturated rings. The normalized spacial score (nSPS) is 17.7. The Bertz CT molecular complexity index is 864. The molecule has 1 saturated heterocycles. The molecule has 1 amide bonds. The van der Waals surface area contributed by atoms with Crippen molar-refractivity contribution in [2.75, 3.05) is 6.54 Å². The van der Waals surface area contributed by atoms with E-state index in [1.54, 1.807) is 12.4 Å². The molecule has 26 heavy (non-hydrogen) atoms. The van der Waals surface area contributed by atoms with Gasteiger partial charge in [-0.2, -0.15) is 4.98 Å². The molecule has 3 aromatic rings. The minimum atomic E-state index is -0.187. The first-order valence-electron chi connectivity index (χ1n) is 8.93. The van der Waals surface area contributed by atoms with Crippen molar-refractivity contribution in [2.24, 2.45) is 0 Å². The van der Waals surface area contributed by atoms with Gasteiger partial charge in [-0.1, -0.05) is 36.2 Å². The van der Waals surface area contributed by atoms with Crippen molar-refractivity contribution in [3.8, 4) is 11.4 Å². The number of carbonyl (C=O) groups is 1. The average Bonchev–Trinajstić information content (AvgIpc) is 3.07. The highest BCUT2D eigenvalue weighted by atomic mass is 16.5. The molecule has 0 N–H and O–H groups in total. The first-order valence-corrected chi connectivity index (χ1v) is 8.93. The Hall–Kier alpha value is -3.02. The Kier molecular flexibility index (Phi) is 4.73. The first kappa shape index (κ1) is 16.4. The lowest BCUT2D eigenvalue weighted by atomic mass is 10.1. The molecule has 1 atom stereocenters. The van der Waals surface area contributed by atoms with Crippen LogP contribution in [0, 0.1) is 0 Å². The molecule has 0 saturated carbocycles. The van der Waals surface area contributed by atoms with Gasteiger partial charge in [-0.3, -0.25) is 9.78 Å². The average molecular weight is 348 g/mol. The van der Waals surface area contributed by atoms with Crippen LogP contribution in [-0.2, 0) is 0 Å². The molecule has 2 aromatic heterocycles. The van der Waals surface area contributed by atoms with Crippen molar-refractivity contribution in [1.82, 2.24) is 20.0 Å². The van der Waals surface area contributed by atoms with E-state index in [1.165, 1.54) is 0 Å². The van der Waals surface area contributed by atoms with E-state index >= 15 is 0 Å². The lowest BCUT2D eigenvalue weighted by molar-refractivity contribution is 0.0644. The number of amides is 1. The minimum absolute atomic E-state index is 0.0150. The summed E-state index contributed by atoms with van der Waals surface area (Å²) in [6.45, 7) is 0.700. The van der Waals surface area contributed by atoms with Crippen LogP contribution >= 0.6 is 0 Å². The molecule has 1 aromatic carbocycles. The zero-order valence-electron chi connectivity index (χ0n) is 14.4. The summed E-state index contributed by atoms with van der Waals surface area (Å²) in [5, 5.41) is 4.11. The molecule has 6 heteroatoms. The summed E-state index contributed by atoms with van der Waals surface area (Å²) in [5.41, 5.74) is 1.54. The van der Waals surface area contributed by atoms with Gasteiger partial charge in [0.1, 0.15) is 6.04 Å². The number of hydrogen-bond acceptors (Lipinski definition) is 5. The predicted molar refractivity (Wildman–Crippen MR) is 96.2 cm³/mol. The van der Waals surface area contributed by atoms with Crippen LogP contribution in [0.25, 0.3) is 11.4 Å². The summed E-state index contributed by atoms with van der Waals surface area (Å²) < 4.78 is 5.55. The molecule has 6 nitrogen and oxygen atoms in total. The van der Waals surface area contributed by atoms with Gasteiger partial charge in [0.2, 0.25) is 11.7 Å². The summed E-state index contributed by atoms with van der Waals surface area (Å²) in [6.07, 6.45) is 7.35. The maximum absolute atomic E-state index is 13.0. The second-order valence-electron chi connectivity index (χ2n) is 6.42. The topological polar surface area (TPSA) is 72.1 Å². The number of likely N-dealkylation sites (tertiary alicyclic amines) is 1. The van der Waals surface area contributed by atoms with Crippen LogP contribution in [0.15, 0.2) is 59.4 Å². The summed E-state index contributed by atoms with van der Waals surface area (Å²) in [6, 6.07) is 12.9. The van der Waals surface area contributed by atoms with E-state index in [9.17, 15) is 4.79 Å². The van der Waals surface area contributed by atoms with E-state index < -0.39 is 0 Å². The third-order valence-corrected chi connectivity index (χ3v) is 4.70. The van der Waals surface area contributed by atoms with Crippen LogP contribution in [0.2, 0.25) is 0 Å². The second-order valence-corrected chi connectivity index (χ2v) is 6.42. The van der Waals surface area contributed by atoms with Gasteiger partial charge in [0, 0.05) is 30.1 Å². The number of benzene rings is 1. The van der Waals surface area contributed by atoms with Crippen LogP contribution in [0.4, 0.5) is 0 Å². The molecule has 3 heterocycles.